The molecule has 0 spiro atoms. The lowest BCUT2D eigenvalue weighted by molar-refractivity contribution is -0.199. The number of alkyl halides is 4. The van der Waals surface area contributed by atoms with E-state index in [0.717, 1.165) is 38.5 Å². The Kier molecular flexibility index (Phi) is 8.49. The first-order valence-corrected chi connectivity index (χ1v) is 10.6. The van der Waals surface area contributed by atoms with Crippen LogP contribution in [0.5, 0.6) is 0 Å². The lowest BCUT2D eigenvalue weighted by Crippen LogP contribution is -2.76. The minimum absolute atomic E-state index is 0.139. The number of rotatable bonds is 7. The van der Waals surface area contributed by atoms with Crippen molar-refractivity contribution in [2.24, 2.45) is 11.7 Å². The van der Waals surface area contributed by atoms with Crippen LogP contribution in [0.15, 0.2) is 0 Å². The fourth-order valence-corrected chi connectivity index (χ4v) is 4.33. The van der Waals surface area contributed by atoms with Gasteiger partial charge in [-0.1, -0.05) is 6.42 Å². The average Bonchev–Trinajstić information content (AvgIpc) is 2.65. The normalized spacial score (nSPS) is 39.4. The Labute approximate surface area is 169 Å². The molecule has 7 N–H and O–H groups in total. The molecule has 0 bridgehead atoms. The number of hydrogen-bond donors (Lipinski definition) is 6. The Morgan fingerprint density at radius 3 is 2.38 bits per heavy atom. The number of ether oxygens (including phenoxy) is 1. The predicted molar refractivity (Wildman–Crippen MR) is 101 cm³/mol. The highest BCUT2D eigenvalue weighted by Gasteiger charge is 2.34. The van der Waals surface area contributed by atoms with Crippen LogP contribution >= 0.6 is 0 Å². The van der Waals surface area contributed by atoms with Crippen LogP contribution in [0.2, 0.25) is 0 Å². The summed E-state index contributed by atoms with van der Waals surface area (Å²) in [6, 6.07) is 0.324. The first kappa shape index (κ1) is 23.1. The molecule has 7 nitrogen and oxygen atoms in total. The molecule has 0 radical (unpaired) electrons. The van der Waals surface area contributed by atoms with E-state index < -0.39 is 37.9 Å². The van der Waals surface area contributed by atoms with Crippen molar-refractivity contribution in [1.82, 2.24) is 26.6 Å². The van der Waals surface area contributed by atoms with E-state index in [1.165, 1.54) is 0 Å². The Morgan fingerprint density at radius 1 is 0.966 bits per heavy atom. The van der Waals surface area contributed by atoms with Gasteiger partial charge in [0.05, 0.1) is 0 Å². The molecule has 1 saturated heterocycles. The molecule has 3 aliphatic rings. The zero-order valence-electron chi connectivity index (χ0n) is 16.6. The highest BCUT2D eigenvalue weighted by Crippen LogP contribution is 2.25. The van der Waals surface area contributed by atoms with Gasteiger partial charge in [-0.2, -0.15) is 13.2 Å². The maximum Gasteiger partial charge on any atom is 0.411 e. The number of nitrogens with one attached hydrogen (secondary N) is 5. The molecule has 3 fully saturated rings. The molecular formula is C18H34F4N6O. The van der Waals surface area contributed by atoms with Crippen molar-refractivity contribution in [2.75, 3.05) is 13.2 Å². The van der Waals surface area contributed by atoms with Gasteiger partial charge in [0, 0.05) is 18.6 Å². The summed E-state index contributed by atoms with van der Waals surface area (Å²) >= 11 is 0. The van der Waals surface area contributed by atoms with Gasteiger partial charge >= 0.3 is 6.18 Å². The summed E-state index contributed by atoms with van der Waals surface area (Å²) in [5.74, 6) is 0.359. The highest BCUT2D eigenvalue weighted by molar-refractivity contribution is 4.85. The van der Waals surface area contributed by atoms with E-state index in [-0.39, 0.29) is 12.1 Å². The second kappa shape index (κ2) is 10.7. The Balaban J connectivity index is 1.51. The van der Waals surface area contributed by atoms with E-state index in [1.54, 1.807) is 0 Å². The van der Waals surface area contributed by atoms with Gasteiger partial charge in [-0.3, -0.25) is 26.6 Å². The molecule has 5 atom stereocenters. The summed E-state index contributed by atoms with van der Waals surface area (Å²) < 4.78 is 56.0. The Bertz CT molecular complexity index is 491. The monoisotopic (exact) mass is 426 g/mol. The molecule has 0 amide bonds. The second-order valence-corrected chi connectivity index (χ2v) is 8.49. The summed E-state index contributed by atoms with van der Waals surface area (Å²) in [6.07, 6.45) is -0.355. The molecule has 3 rings (SSSR count). The number of hydrogen-bond acceptors (Lipinski definition) is 7. The fraction of sp³-hybridized carbons (Fsp3) is 1.00. The smallest absolute Gasteiger partial charge is 0.340 e. The quantitative estimate of drug-likeness (QED) is 0.341. The molecule has 0 aromatic rings. The first-order valence-electron chi connectivity index (χ1n) is 10.6. The molecule has 29 heavy (non-hydrogen) atoms. The first-order chi connectivity index (χ1) is 13.8. The Hall–Kier alpha value is -0.560. The molecule has 1 aliphatic heterocycles. The molecular weight excluding hydrogens is 392 g/mol. The molecule has 170 valence electrons. The van der Waals surface area contributed by atoms with Crippen LogP contribution in [-0.4, -0.2) is 56.5 Å². The predicted octanol–water partition coefficient (Wildman–Crippen LogP) is 1.18. The molecule has 1 heterocycles. The minimum Gasteiger partial charge on any atom is -0.340 e. The highest BCUT2D eigenvalue weighted by atomic mass is 19.4. The van der Waals surface area contributed by atoms with Crippen LogP contribution in [0, 0.1) is 5.92 Å². The third-order valence-electron chi connectivity index (χ3n) is 5.89. The van der Waals surface area contributed by atoms with Gasteiger partial charge in [0.15, 0.2) is 6.35 Å². The number of halogens is 4. The van der Waals surface area contributed by atoms with Crippen molar-refractivity contribution >= 4 is 0 Å². The maximum absolute atomic E-state index is 13.3. The molecule has 2 saturated carbocycles. The third-order valence-corrected chi connectivity index (χ3v) is 5.89. The summed E-state index contributed by atoms with van der Waals surface area (Å²) in [6.45, 7) is -0.684. The van der Waals surface area contributed by atoms with Gasteiger partial charge in [0.25, 0.3) is 0 Å². The SMILES string of the molecule is NC1CCCC(NC2NC(NCC3CCC(F)CC3)NC(OCC(F)(F)F)N2)C1. The Morgan fingerprint density at radius 2 is 1.69 bits per heavy atom. The van der Waals surface area contributed by atoms with Crippen LogP contribution in [-0.2, 0) is 4.74 Å². The van der Waals surface area contributed by atoms with Crippen molar-refractivity contribution in [3.8, 4) is 0 Å². The van der Waals surface area contributed by atoms with Gasteiger partial charge < -0.3 is 10.5 Å². The standard InChI is InChI=1S/C18H34F4N6O/c19-12-6-4-11(5-7-12)9-24-15-26-16(25-14-3-1-2-13(23)8-14)28-17(27-15)29-10-18(20,21)22/h11-17,24-28H,1-10,23H2. The minimum atomic E-state index is -4.40. The van der Waals surface area contributed by atoms with Gasteiger partial charge in [-0.15, -0.1) is 0 Å². The zero-order chi connectivity index (χ0) is 20.9. The van der Waals surface area contributed by atoms with E-state index in [9.17, 15) is 17.6 Å². The van der Waals surface area contributed by atoms with Gasteiger partial charge in [-0.25, -0.2) is 4.39 Å². The van der Waals surface area contributed by atoms with Crippen LogP contribution in [0.1, 0.15) is 51.4 Å². The van der Waals surface area contributed by atoms with E-state index in [2.05, 4.69) is 26.6 Å². The van der Waals surface area contributed by atoms with Gasteiger partial charge in [0.2, 0.25) is 0 Å². The number of nitrogens with two attached hydrogens (primary N) is 1. The maximum atomic E-state index is 13.3. The van der Waals surface area contributed by atoms with Crippen molar-refractivity contribution in [3.05, 3.63) is 0 Å². The van der Waals surface area contributed by atoms with E-state index in [4.69, 9.17) is 10.5 Å². The van der Waals surface area contributed by atoms with Crippen LogP contribution in [0.25, 0.3) is 0 Å². The summed E-state index contributed by atoms with van der Waals surface area (Å²) in [5, 5.41) is 15.9. The average molecular weight is 427 g/mol. The zero-order valence-corrected chi connectivity index (χ0v) is 16.6. The summed E-state index contributed by atoms with van der Waals surface area (Å²) in [7, 11) is 0. The van der Waals surface area contributed by atoms with Crippen molar-refractivity contribution in [3.63, 3.8) is 0 Å². The molecule has 0 aromatic carbocycles. The van der Waals surface area contributed by atoms with Crippen LogP contribution in [0.3, 0.4) is 0 Å². The van der Waals surface area contributed by atoms with Crippen LogP contribution < -0.4 is 32.3 Å². The van der Waals surface area contributed by atoms with Crippen molar-refractivity contribution in [1.29, 1.82) is 0 Å². The van der Waals surface area contributed by atoms with Gasteiger partial charge in [-0.05, 0) is 50.9 Å². The van der Waals surface area contributed by atoms with Crippen LogP contribution in [0.4, 0.5) is 17.6 Å². The van der Waals surface area contributed by atoms with E-state index in [0.29, 0.717) is 25.3 Å². The van der Waals surface area contributed by atoms with E-state index >= 15 is 0 Å². The van der Waals surface area contributed by atoms with Crippen molar-refractivity contribution < 1.29 is 22.3 Å². The van der Waals surface area contributed by atoms with E-state index in [1.807, 2.05) is 0 Å². The molecule has 5 unspecified atom stereocenters. The lowest BCUT2D eigenvalue weighted by Gasteiger charge is -2.42. The lowest BCUT2D eigenvalue weighted by atomic mass is 9.88. The van der Waals surface area contributed by atoms with Gasteiger partial charge in [0.1, 0.15) is 25.4 Å². The molecule has 11 heteroatoms. The topological polar surface area (TPSA) is 95.4 Å². The third kappa shape index (κ3) is 8.23. The molecule has 0 aromatic heterocycles. The second-order valence-electron chi connectivity index (χ2n) is 8.49. The summed E-state index contributed by atoms with van der Waals surface area (Å²) in [5.41, 5.74) is 6.04. The summed E-state index contributed by atoms with van der Waals surface area (Å²) in [4.78, 5) is 0. The van der Waals surface area contributed by atoms with Crippen molar-refractivity contribution in [2.45, 2.75) is 94.7 Å². The molecule has 2 aliphatic carbocycles. The fourth-order valence-electron chi connectivity index (χ4n) is 4.33. The largest absolute Gasteiger partial charge is 0.411 e.